The number of aromatic nitrogens is 2. The molecule has 1 amide bonds. The molecule has 0 aliphatic carbocycles. The highest BCUT2D eigenvalue weighted by atomic mass is 32.1. The van der Waals surface area contributed by atoms with E-state index in [9.17, 15) is 9.59 Å². The smallest absolute Gasteiger partial charge is 0.262 e. The quantitative estimate of drug-likeness (QED) is 0.699. The highest BCUT2D eigenvalue weighted by molar-refractivity contribution is 7.71. The average Bonchev–Trinajstić information content (AvgIpc) is 2.62. The summed E-state index contributed by atoms with van der Waals surface area (Å²) in [5, 5.41) is 3.38. The lowest BCUT2D eigenvalue weighted by Crippen LogP contribution is -2.21. The number of nitrogens with one attached hydrogen (secondary N) is 2. The number of aromatic amines is 1. The standard InChI is InChI=1S/C19H19N3O2S/c1-3-12-5-8-14(9-6-12)20-17(23)13-7-10-15-16(11-13)21-19(25)22(4-2)18(15)24/h5-11H,3-4H2,1-2H3,(H,20,23)(H,21,25). The second kappa shape index (κ2) is 7.03. The summed E-state index contributed by atoms with van der Waals surface area (Å²) >= 11 is 5.21. The van der Waals surface area contributed by atoms with Gasteiger partial charge in [-0.15, -0.1) is 0 Å². The monoisotopic (exact) mass is 353 g/mol. The minimum Gasteiger partial charge on any atom is -0.332 e. The number of fused-ring (bicyclic) bond motifs is 1. The third kappa shape index (κ3) is 3.39. The van der Waals surface area contributed by atoms with Crippen LogP contribution in [0.3, 0.4) is 0 Å². The second-order valence-electron chi connectivity index (χ2n) is 5.74. The van der Waals surface area contributed by atoms with Crippen LogP contribution < -0.4 is 10.9 Å². The zero-order chi connectivity index (χ0) is 18.0. The van der Waals surface area contributed by atoms with Gasteiger partial charge in [0.2, 0.25) is 0 Å². The van der Waals surface area contributed by atoms with Gasteiger partial charge in [-0.25, -0.2) is 0 Å². The molecule has 128 valence electrons. The van der Waals surface area contributed by atoms with Crippen molar-refractivity contribution in [3.63, 3.8) is 0 Å². The molecule has 0 aliphatic heterocycles. The molecule has 1 heterocycles. The molecule has 0 aliphatic rings. The molecule has 0 fully saturated rings. The van der Waals surface area contributed by atoms with Crippen LogP contribution in [0.25, 0.3) is 10.9 Å². The van der Waals surface area contributed by atoms with E-state index in [0.717, 1.165) is 12.1 Å². The van der Waals surface area contributed by atoms with Gasteiger partial charge >= 0.3 is 0 Å². The molecule has 0 saturated carbocycles. The lowest BCUT2D eigenvalue weighted by atomic mass is 10.1. The highest BCUT2D eigenvalue weighted by Gasteiger charge is 2.10. The third-order valence-corrected chi connectivity index (χ3v) is 4.50. The Hall–Kier alpha value is -2.73. The molecule has 3 rings (SSSR count). The molecular weight excluding hydrogens is 334 g/mol. The fourth-order valence-electron chi connectivity index (χ4n) is 2.71. The van der Waals surface area contributed by atoms with Gasteiger partial charge in [0, 0.05) is 17.8 Å². The van der Waals surface area contributed by atoms with Gasteiger partial charge in [0.05, 0.1) is 10.9 Å². The molecule has 0 radical (unpaired) electrons. The average molecular weight is 353 g/mol. The van der Waals surface area contributed by atoms with Crippen LogP contribution in [0.15, 0.2) is 47.3 Å². The number of benzene rings is 2. The molecular formula is C19H19N3O2S. The number of carbonyl (C=O) groups excluding carboxylic acids is 1. The number of hydrogen-bond donors (Lipinski definition) is 2. The van der Waals surface area contributed by atoms with Crippen molar-refractivity contribution in [3.05, 3.63) is 68.7 Å². The first-order valence-electron chi connectivity index (χ1n) is 8.20. The number of nitrogens with zero attached hydrogens (tertiary/aromatic N) is 1. The van der Waals surface area contributed by atoms with Crippen LogP contribution in [0, 0.1) is 4.77 Å². The van der Waals surface area contributed by atoms with E-state index < -0.39 is 0 Å². The summed E-state index contributed by atoms with van der Waals surface area (Å²) in [7, 11) is 0. The molecule has 0 unspecified atom stereocenters. The van der Waals surface area contributed by atoms with E-state index in [2.05, 4.69) is 17.2 Å². The maximum atomic E-state index is 12.5. The zero-order valence-electron chi connectivity index (χ0n) is 14.1. The summed E-state index contributed by atoms with van der Waals surface area (Å²) in [5.41, 5.74) is 2.82. The predicted octanol–water partition coefficient (Wildman–Crippen LogP) is 3.89. The number of carbonyl (C=O) groups is 1. The summed E-state index contributed by atoms with van der Waals surface area (Å²) in [6, 6.07) is 12.7. The van der Waals surface area contributed by atoms with Gasteiger partial charge < -0.3 is 10.3 Å². The Balaban J connectivity index is 1.94. The van der Waals surface area contributed by atoms with Crippen LogP contribution >= 0.6 is 12.2 Å². The van der Waals surface area contributed by atoms with Crippen molar-refractivity contribution in [2.45, 2.75) is 26.8 Å². The van der Waals surface area contributed by atoms with E-state index in [1.165, 1.54) is 10.1 Å². The van der Waals surface area contributed by atoms with Crippen LogP contribution in [0.4, 0.5) is 5.69 Å². The van der Waals surface area contributed by atoms with Gasteiger partial charge in [0.1, 0.15) is 0 Å². The van der Waals surface area contributed by atoms with Crippen molar-refractivity contribution in [3.8, 4) is 0 Å². The molecule has 0 saturated heterocycles. The topological polar surface area (TPSA) is 66.9 Å². The van der Waals surface area contributed by atoms with Crippen molar-refractivity contribution in [1.82, 2.24) is 9.55 Å². The van der Waals surface area contributed by atoms with Crippen LogP contribution in [-0.2, 0) is 13.0 Å². The second-order valence-corrected chi connectivity index (χ2v) is 6.13. The van der Waals surface area contributed by atoms with Gasteiger partial charge in [0.15, 0.2) is 4.77 Å². The minimum absolute atomic E-state index is 0.150. The molecule has 5 nitrogen and oxygen atoms in total. The first-order chi connectivity index (χ1) is 12.0. The van der Waals surface area contributed by atoms with E-state index in [4.69, 9.17) is 12.2 Å². The minimum atomic E-state index is -0.231. The third-order valence-electron chi connectivity index (χ3n) is 4.18. The van der Waals surface area contributed by atoms with Gasteiger partial charge in [-0.1, -0.05) is 19.1 Å². The van der Waals surface area contributed by atoms with E-state index in [1.54, 1.807) is 18.2 Å². The molecule has 3 aromatic rings. The number of anilines is 1. The van der Waals surface area contributed by atoms with Crippen LogP contribution in [0.1, 0.15) is 29.8 Å². The fourth-order valence-corrected chi connectivity index (χ4v) is 3.03. The SMILES string of the molecule is CCc1ccc(NC(=O)c2ccc3c(=O)n(CC)c(=S)[nH]c3c2)cc1. The van der Waals surface area contributed by atoms with E-state index in [-0.39, 0.29) is 11.5 Å². The van der Waals surface area contributed by atoms with Gasteiger partial charge in [0.25, 0.3) is 11.5 Å². The number of amides is 1. The molecule has 0 atom stereocenters. The van der Waals surface area contributed by atoms with Gasteiger partial charge in [-0.05, 0) is 61.5 Å². The Morgan fingerprint density at radius 2 is 1.88 bits per heavy atom. The van der Waals surface area contributed by atoms with Crippen LogP contribution in [0.2, 0.25) is 0 Å². The van der Waals surface area contributed by atoms with Crippen molar-refractivity contribution in [2.75, 3.05) is 5.32 Å². The van der Waals surface area contributed by atoms with Crippen LogP contribution in [-0.4, -0.2) is 15.5 Å². The summed E-state index contributed by atoms with van der Waals surface area (Å²) in [6.45, 7) is 4.45. The Kier molecular flexibility index (Phi) is 4.81. The summed E-state index contributed by atoms with van der Waals surface area (Å²) in [5.74, 6) is -0.231. The predicted molar refractivity (Wildman–Crippen MR) is 103 cm³/mol. The Labute approximate surface area is 150 Å². The highest BCUT2D eigenvalue weighted by Crippen LogP contribution is 2.15. The van der Waals surface area contributed by atoms with Crippen molar-refractivity contribution in [1.29, 1.82) is 0 Å². The van der Waals surface area contributed by atoms with Crippen LogP contribution in [0.5, 0.6) is 0 Å². The number of rotatable bonds is 4. The maximum Gasteiger partial charge on any atom is 0.262 e. The van der Waals surface area contributed by atoms with Crippen molar-refractivity contribution < 1.29 is 4.79 Å². The lowest BCUT2D eigenvalue weighted by Gasteiger charge is -2.08. The fraction of sp³-hybridized carbons (Fsp3) is 0.211. The van der Waals surface area contributed by atoms with Crippen molar-refractivity contribution in [2.24, 2.45) is 0 Å². The zero-order valence-corrected chi connectivity index (χ0v) is 14.9. The normalized spacial score (nSPS) is 10.8. The van der Waals surface area contributed by atoms with E-state index in [0.29, 0.717) is 27.8 Å². The van der Waals surface area contributed by atoms with Crippen molar-refractivity contribution >= 4 is 34.7 Å². The largest absolute Gasteiger partial charge is 0.332 e. The number of hydrogen-bond acceptors (Lipinski definition) is 3. The molecule has 25 heavy (non-hydrogen) atoms. The van der Waals surface area contributed by atoms with E-state index in [1.807, 2.05) is 31.2 Å². The van der Waals surface area contributed by atoms with Gasteiger partial charge in [-0.2, -0.15) is 0 Å². The number of H-pyrrole nitrogens is 1. The number of aryl methyl sites for hydroxylation is 1. The molecule has 2 aromatic carbocycles. The molecule has 2 N–H and O–H groups in total. The summed E-state index contributed by atoms with van der Waals surface area (Å²) in [4.78, 5) is 27.9. The Bertz CT molecular complexity index is 1050. The van der Waals surface area contributed by atoms with Gasteiger partial charge in [-0.3, -0.25) is 14.2 Å². The molecule has 6 heteroatoms. The summed E-state index contributed by atoms with van der Waals surface area (Å²) < 4.78 is 1.85. The lowest BCUT2D eigenvalue weighted by molar-refractivity contribution is 0.102. The summed E-state index contributed by atoms with van der Waals surface area (Å²) in [6.07, 6.45) is 0.952. The molecule has 1 aromatic heterocycles. The van der Waals surface area contributed by atoms with E-state index >= 15 is 0 Å². The Morgan fingerprint density at radius 1 is 1.16 bits per heavy atom. The first-order valence-corrected chi connectivity index (χ1v) is 8.61. The molecule has 0 bridgehead atoms. The first kappa shape index (κ1) is 17.1. The Morgan fingerprint density at radius 3 is 2.52 bits per heavy atom. The maximum absolute atomic E-state index is 12.5. The molecule has 0 spiro atoms.